The van der Waals surface area contributed by atoms with Crippen LogP contribution >= 0.6 is 11.6 Å². The second-order valence-corrected chi connectivity index (χ2v) is 7.06. The number of fused-ring (bicyclic) bond motifs is 1. The van der Waals surface area contributed by atoms with Crippen LogP contribution in [-0.2, 0) is 11.3 Å². The second kappa shape index (κ2) is 10.2. The number of carbonyl (C=O) groups excluding carboxylic acids is 1. The molecule has 0 aliphatic carbocycles. The fourth-order valence-electron chi connectivity index (χ4n) is 3.09. The summed E-state index contributed by atoms with van der Waals surface area (Å²) < 4.78 is 18.2. The highest BCUT2D eigenvalue weighted by Gasteiger charge is 2.17. The minimum Gasteiger partial charge on any atom is -0.490 e. The smallest absolute Gasteiger partial charge is 0.338 e. The Hall–Kier alpha value is -2.93. The van der Waals surface area contributed by atoms with Gasteiger partial charge >= 0.3 is 11.7 Å². The highest BCUT2D eigenvalue weighted by Crippen LogP contribution is 2.37. The first-order chi connectivity index (χ1) is 14.5. The van der Waals surface area contributed by atoms with Gasteiger partial charge in [0, 0.05) is 6.54 Å². The van der Waals surface area contributed by atoms with Crippen LogP contribution in [0, 0.1) is 0 Å². The number of nitrogens with one attached hydrogen (secondary N) is 1. The zero-order valence-electron chi connectivity index (χ0n) is 17.1. The summed E-state index contributed by atoms with van der Waals surface area (Å²) in [6.45, 7) is 5.35. The molecule has 0 radical (unpaired) electrons. The summed E-state index contributed by atoms with van der Waals surface area (Å²) >= 11 is 6.30. The Morgan fingerprint density at radius 1 is 1.13 bits per heavy atom. The van der Waals surface area contributed by atoms with E-state index in [9.17, 15) is 9.59 Å². The number of aromatic nitrogens is 2. The van der Waals surface area contributed by atoms with Crippen molar-refractivity contribution in [2.75, 3.05) is 19.8 Å². The summed E-state index contributed by atoms with van der Waals surface area (Å²) in [4.78, 5) is 27.4. The fourth-order valence-corrected chi connectivity index (χ4v) is 3.36. The monoisotopic (exact) mass is 432 g/mol. The van der Waals surface area contributed by atoms with Gasteiger partial charge in [0.15, 0.2) is 11.5 Å². The Labute approximate surface area is 179 Å². The van der Waals surface area contributed by atoms with Gasteiger partial charge in [0.25, 0.3) is 0 Å². The number of para-hydroxylation sites is 2. The number of benzene rings is 2. The van der Waals surface area contributed by atoms with E-state index in [4.69, 9.17) is 25.8 Å². The van der Waals surface area contributed by atoms with Gasteiger partial charge in [-0.3, -0.25) is 4.57 Å². The molecule has 0 bridgehead atoms. The number of aryl methyl sites for hydroxylation is 1. The molecule has 1 aromatic heterocycles. The quantitative estimate of drug-likeness (QED) is 0.379. The Morgan fingerprint density at radius 3 is 2.70 bits per heavy atom. The van der Waals surface area contributed by atoms with E-state index in [-0.39, 0.29) is 17.9 Å². The third-order valence-electron chi connectivity index (χ3n) is 4.44. The summed E-state index contributed by atoms with van der Waals surface area (Å²) in [5.74, 6) is 0.331. The number of aromatic amines is 1. The van der Waals surface area contributed by atoms with Gasteiger partial charge in [-0.1, -0.05) is 30.7 Å². The summed E-state index contributed by atoms with van der Waals surface area (Å²) in [7, 11) is 0. The molecule has 1 N–H and O–H groups in total. The van der Waals surface area contributed by atoms with Gasteiger partial charge in [-0.15, -0.1) is 0 Å². The van der Waals surface area contributed by atoms with Crippen LogP contribution in [0.25, 0.3) is 11.0 Å². The number of hydrogen-bond acceptors (Lipinski definition) is 5. The van der Waals surface area contributed by atoms with Crippen LogP contribution in [0.15, 0.2) is 41.2 Å². The molecule has 0 spiro atoms. The molecule has 0 atom stereocenters. The van der Waals surface area contributed by atoms with E-state index in [1.54, 1.807) is 10.6 Å². The Kier molecular flexibility index (Phi) is 7.41. The summed E-state index contributed by atoms with van der Waals surface area (Å²) in [6.07, 6.45) is 1.32. The molecule has 0 unspecified atom stereocenters. The number of imidazole rings is 1. The van der Waals surface area contributed by atoms with E-state index < -0.39 is 5.97 Å². The van der Waals surface area contributed by atoms with Crippen molar-refractivity contribution in [2.45, 2.75) is 33.2 Å². The van der Waals surface area contributed by atoms with Crippen molar-refractivity contribution < 1.29 is 19.0 Å². The van der Waals surface area contributed by atoms with E-state index in [2.05, 4.69) is 4.98 Å². The molecular formula is C22H25ClN2O5. The molecule has 0 saturated carbocycles. The van der Waals surface area contributed by atoms with E-state index in [1.165, 1.54) is 6.07 Å². The zero-order valence-corrected chi connectivity index (χ0v) is 17.8. The zero-order chi connectivity index (χ0) is 21.5. The standard InChI is InChI=1S/C22H25ClN2O5/c1-3-11-29-20-16(23)13-15(14-19(20)28-4-2)21(26)30-12-7-10-25-18-9-6-5-8-17(18)24-22(25)27/h5-6,8-9,13-14H,3-4,7,10-12H2,1-2H3,(H,24,27). The molecule has 1 heterocycles. The molecule has 160 valence electrons. The fraction of sp³-hybridized carbons (Fsp3) is 0.364. The van der Waals surface area contributed by atoms with Crippen LogP contribution in [0.2, 0.25) is 5.02 Å². The lowest BCUT2D eigenvalue weighted by atomic mass is 10.2. The lowest BCUT2D eigenvalue weighted by Gasteiger charge is -2.14. The minimum absolute atomic E-state index is 0.167. The van der Waals surface area contributed by atoms with E-state index in [1.807, 2.05) is 38.1 Å². The molecule has 3 rings (SSSR count). The lowest BCUT2D eigenvalue weighted by Crippen LogP contribution is -2.18. The van der Waals surface area contributed by atoms with Crippen molar-refractivity contribution >= 4 is 28.6 Å². The van der Waals surface area contributed by atoms with Gasteiger partial charge in [-0.2, -0.15) is 0 Å². The third-order valence-corrected chi connectivity index (χ3v) is 4.72. The van der Waals surface area contributed by atoms with Crippen LogP contribution in [0.4, 0.5) is 0 Å². The molecule has 30 heavy (non-hydrogen) atoms. The van der Waals surface area contributed by atoms with Crippen molar-refractivity contribution in [3.8, 4) is 11.5 Å². The molecule has 3 aromatic rings. The number of carbonyl (C=O) groups is 1. The molecule has 7 nitrogen and oxygen atoms in total. The first-order valence-electron chi connectivity index (χ1n) is 9.99. The van der Waals surface area contributed by atoms with Gasteiger partial charge in [0.1, 0.15) is 0 Å². The maximum atomic E-state index is 12.5. The van der Waals surface area contributed by atoms with Gasteiger partial charge in [0.2, 0.25) is 0 Å². The molecule has 0 amide bonds. The van der Waals surface area contributed by atoms with Crippen molar-refractivity contribution in [1.82, 2.24) is 9.55 Å². The average Bonchev–Trinajstić information content (AvgIpc) is 3.05. The highest BCUT2D eigenvalue weighted by atomic mass is 35.5. The van der Waals surface area contributed by atoms with E-state index >= 15 is 0 Å². The number of ether oxygens (including phenoxy) is 3. The number of H-pyrrole nitrogens is 1. The van der Waals surface area contributed by atoms with Crippen LogP contribution in [0.1, 0.15) is 37.0 Å². The Balaban J connectivity index is 1.63. The number of halogens is 1. The number of nitrogens with zero attached hydrogens (tertiary/aromatic N) is 1. The molecule has 0 fully saturated rings. The van der Waals surface area contributed by atoms with Gasteiger partial charge in [-0.25, -0.2) is 9.59 Å². The maximum absolute atomic E-state index is 12.5. The Bertz CT molecular complexity index is 1070. The molecule has 8 heteroatoms. The van der Waals surface area contributed by atoms with Crippen LogP contribution < -0.4 is 15.2 Å². The Morgan fingerprint density at radius 2 is 1.93 bits per heavy atom. The van der Waals surface area contributed by atoms with Crippen molar-refractivity contribution in [2.24, 2.45) is 0 Å². The van der Waals surface area contributed by atoms with Gasteiger partial charge < -0.3 is 19.2 Å². The third kappa shape index (κ3) is 4.97. The molecule has 2 aromatic carbocycles. The highest BCUT2D eigenvalue weighted by molar-refractivity contribution is 6.32. The predicted molar refractivity (Wildman–Crippen MR) is 116 cm³/mol. The molecular weight excluding hydrogens is 408 g/mol. The number of esters is 1. The lowest BCUT2D eigenvalue weighted by molar-refractivity contribution is 0.0495. The first-order valence-corrected chi connectivity index (χ1v) is 10.4. The van der Waals surface area contributed by atoms with Gasteiger partial charge in [0.05, 0.1) is 41.4 Å². The number of rotatable bonds is 10. The van der Waals surface area contributed by atoms with Crippen LogP contribution in [0.5, 0.6) is 11.5 Å². The first kappa shape index (κ1) is 21.8. The normalized spacial score (nSPS) is 10.9. The van der Waals surface area contributed by atoms with E-state index in [0.717, 1.165) is 17.5 Å². The largest absolute Gasteiger partial charge is 0.490 e. The SMILES string of the molecule is CCCOc1c(Cl)cc(C(=O)OCCCn2c(=O)[nH]c3ccccc32)cc1OCC. The molecule has 0 saturated heterocycles. The van der Waals surface area contributed by atoms with Crippen molar-refractivity contribution in [1.29, 1.82) is 0 Å². The number of hydrogen-bond donors (Lipinski definition) is 1. The summed E-state index contributed by atoms with van der Waals surface area (Å²) in [5, 5.41) is 0.298. The molecule has 0 aliphatic heterocycles. The maximum Gasteiger partial charge on any atom is 0.338 e. The predicted octanol–water partition coefficient (Wildman–Crippen LogP) is 4.42. The second-order valence-electron chi connectivity index (χ2n) is 6.66. The van der Waals surface area contributed by atoms with Gasteiger partial charge in [-0.05, 0) is 44.0 Å². The average molecular weight is 433 g/mol. The van der Waals surface area contributed by atoms with Crippen LogP contribution in [0.3, 0.4) is 0 Å². The van der Waals surface area contributed by atoms with Crippen molar-refractivity contribution in [3.63, 3.8) is 0 Å². The van der Waals surface area contributed by atoms with Crippen molar-refractivity contribution in [3.05, 3.63) is 57.5 Å². The summed E-state index contributed by atoms with van der Waals surface area (Å²) in [6, 6.07) is 10.6. The topological polar surface area (TPSA) is 82.5 Å². The van der Waals surface area contributed by atoms with Crippen LogP contribution in [-0.4, -0.2) is 35.3 Å². The minimum atomic E-state index is -0.508. The van der Waals surface area contributed by atoms with E-state index in [0.29, 0.717) is 42.7 Å². The summed E-state index contributed by atoms with van der Waals surface area (Å²) in [5.41, 5.74) is 1.71. The molecule has 0 aliphatic rings.